The molecule has 0 radical (unpaired) electrons. The molecule has 1 aromatic carbocycles. The Kier molecular flexibility index (Phi) is 2.04. The normalized spacial score (nSPS) is 18.7. The molecule has 1 aliphatic heterocycles. The maximum atomic E-state index is 10.6. The first-order valence-electron chi connectivity index (χ1n) is 4.45. The lowest BCUT2D eigenvalue weighted by Gasteiger charge is -2.05. The Labute approximate surface area is 81.2 Å². The van der Waals surface area contributed by atoms with Crippen molar-refractivity contribution in [3.05, 3.63) is 23.8 Å². The SMILES string of the molecule is O=C(O)CC1CNc2cc(O)ccc21. The standard InChI is InChI=1S/C10H11NO3/c12-7-1-2-8-6(3-10(13)14)5-11-9(8)4-7/h1-2,4,6,11-12H,3,5H2,(H,13,14). The molecule has 3 N–H and O–H groups in total. The molecule has 1 unspecified atom stereocenters. The maximum Gasteiger partial charge on any atom is 0.304 e. The molecule has 4 heteroatoms. The Hall–Kier alpha value is -1.71. The van der Waals surface area contributed by atoms with Gasteiger partial charge in [-0.05, 0) is 11.6 Å². The maximum absolute atomic E-state index is 10.6. The number of carbonyl (C=O) groups is 1. The molecule has 2 rings (SSSR count). The average Bonchev–Trinajstić information content (AvgIpc) is 2.47. The van der Waals surface area contributed by atoms with Crippen molar-refractivity contribution in [1.29, 1.82) is 0 Å². The summed E-state index contributed by atoms with van der Waals surface area (Å²) in [5, 5.41) is 21.0. The average molecular weight is 193 g/mol. The number of fused-ring (bicyclic) bond motifs is 1. The third kappa shape index (κ3) is 1.51. The van der Waals surface area contributed by atoms with Crippen molar-refractivity contribution < 1.29 is 15.0 Å². The van der Waals surface area contributed by atoms with E-state index >= 15 is 0 Å². The molecule has 0 amide bonds. The van der Waals surface area contributed by atoms with E-state index in [0.717, 1.165) is 11.3 Å². The first-order valence-corrected chi connectivity index (χ1v) is 4.45. The Morgan fingerprint density at radius 3 is 3.07 bits per heavy atom. The van der Waals surface area contributed by atoms with Crippen LogP contribution in [0.2, 0.25) is 0 Å². The van der Waals surface area contributed by atoms with Gasteiger partial charge in [-0.2, -0.15) is 0 Å². The van der Waals surface area contributed by atoms with Crippen molar-refractivity contribution in [1.82, 2.24) is 0 Å². The fraction of sp³-hybridized carbons (Fsp3) is 0.300. The summed E-state index contributed by atoms with van der Waals surface area (Å²) in [4.78, 5) is 10.6. The smallest absolute Gasteiger partial charge is 0.304 e. The first kappa shape index (κ1) is 8.87. The summed E-state index contributed by atoms with van der Waals surface area (Å²) in [7, 11) is 0. The van der Waals surface area contributed by atoms with Gasteiger partial charge in [0.15, 0.2) is 0 Å². The van der Waals surface area contributed by atoms with Gasteiger partial charge < -0.3 is 15.5 Å². The molecule has 0 saturated heterocycles. The van der Waals surface area contributed by atoms with Gasteiger partial charge in [-0.15, -0.1) is 0 Å². The van der Waals surface area contributed by atoms with E-state index in [0.29, 0.717) is 6.54 Å². The molecule has 14 heavy (non-hydrogen) atoms. The molecule has 1 atom stereocenters. The minimum absolute atomic E-state index is 0.0168. The number of aliphatic carboxylic acids is 1. The van der Waals surface area contributed by atoms with Crippen molar-refractivity contribution in [3.63, 3.8) is 0 Å². The number of anilines is 1. The van der Waals surface area contributed by atoms with Gasteiger partial charge in [0.25, 0.3) is 0 Å². The number of hydrogen-bond acceptors (Lipinski definition) is 3. The van der Waals surface area contributed by atoms with Crippen molar-refractivity contribution in [2.75, 3.05) is 11.9 Å². The molecule has 1 aliphatic rings. The van der Waals surface area contributed by atoms with Crippen molar-refractivity contribution in [2.45, 2.75) is 12.3 Å². The molecule has 74 valence electrons. The zero-order chi connectivity index (χ0) is 10.1. The van der Waals surface area contributed by atoms with Gasteiger partial charge >= 0.3 is 5.97 Å². The van der Waals surface area contributed by atoms with Gasteiger partial charge in [-0.3, -0.25) is 4.79 Å². The Bertz CT molecular complexity index is 376. The second-order valence-electron chi connectivity index (χ2n) is 3.45. The second-order valence-corrected chi connectivity index (χ2v) is 3.45. The van der Waals surface area contributed by atoms with E-state index in [1.54, 1.807) is 18.2 Å². The lowest BCUT2D eigenvalue weighted by Crippen LogP contribution is -2.07. The number of phenols is 1. The quantitative estimate of drug-likeness (QED) is 0.663. The molecule has 0 aromatic heterocycles. The topological polar surface area (TPSA) is 69.6 Å². The summed E-state index contributed by atoms with van der Waals surface area (Å²) in [5.41, 5.74) is 1.82. The lowest BCUT2D eigenvalue weighted by molar-refractivity contribution is -0.137. The largest absolute Gasteiger partial charge is 0.508 e. The number of nitrogens with one attached hydrogen (secondary N) is 1. The van der Waals surface area contributed by atoms with Gasteiger partial charge in [0.05, 0.1) is 6.42 Å². The van der Waals surface area contributed by atoms with Gasteiger partial charge in [-0.25, -0.2) is 0 Å². The van der Waals surface area contributed by atoms with Crippen LogP contribution in [-0.4, -0.2) is 22.7 Å². The third-order valence-corrected chi connectivity index (χ3v) is 2.44. The third-order valence-electron chi connectivity index (χ3n) is 2.44. The van der Waals surface area contributed by atoms with Crippen LogP contribution in [0.15, 0.2) is 18.2 Å². The molecule has 1 heterocycles. The molecule has 0 saturated carbocycles. The Morgan fingerprint density at radius 1 is 1.57 bits per heavy atom. The summed E-state index contributed by atoms with van der Waals surface area (Å²) >= 11 is 0. The van der Waals surface area contributed by atoms with Gasteiger partial charge in [-0.1, -0.05) is 6.07 Å². The predicted octanol–water partition coefficient (Wildman–Crippen LogP) is 1.38. The van der Waals surface area contributed by atoms with Gasteiger partial charge in [0, 0.05) is 24.2 Å². The van der Waals surface area contributed by atoms with Crippen molar-refractivity contribution in [2.24, 2.45) is 0 Å². The highest BCUT2D eigenvalue weighted by Crippen LogP contribution is 2.35. The summed E-state index contributed by atoms with van der Waals surface area (Å²) < 4.78 is 0. The van der Waals surface area contributed by atoms with E-state index in [9.17, 15) is 9.90 Å². The van der Waals surface area contributed by atoms with Crippen LogP contribution in [0.3, 0.4) is 0 Å². The second kappa shape index (κ2) is 3.21. The van der Waals surface area contributed by atoms with E-state index in [1.165, 1.54) is 0 Å². The van der Waals surface area contributed by atoms with E-state index < -0.39 is 5.97 Å². The van der Waals surface area contributed by atoms with E-state index in [1.807, 2.05) is 0 Å². The van der Waals surface area contributed by atoms with Crippen LogP contribution >= 0.6 is 0 Å². The highest BCUT2D eigenvalue weighted by Gasteiger charge is 2.24. The summed E-state index contributed by atoms with van der Waals surface area (Å²) in [6.07, 6.45) is 0.130. The number of carboxylic acid groups (broad SMARTS) is 1. The van der Waals surface area contributed by atoms with E-state index in [4.69, 9.17) is 5.11 Å². The van der Waals surface area contributed by atoms with Gasteiger partial charge in [0.1, 0.15) is 5.75 Å². The van der Waals surface area contributed by atoms with Crippen LogP contribution in [0.25, 0.3) is 0 Å². The zero-order valence-electron chi connectivity index (χ0n) is 7.53. The molecular formula is C10H11NO3. The number of rotatable bonds is 2. The zero-order valence-corrected chi connectivity index (χ0v) is 7.53. The van der Waals surface area contributed by atoms with Crippen LogP contribution in [0.1, 0.15) is 17.9 Å². The summed E-state index contributed by atoms with van der Waals surface area (Å²) in [6, 6.07) is 4.98. The first-order chi connectivity index (χ1) is 6.66. The number of benzene rings is 1. The highest BCUT2D eigenvalue weighted by molar-refractivity contribution is 5.71. The van der Waals surface area contributed by atoms with Crippen LogP contribution < -0.4 is 5.32 Å². The highest BCUT2D eigenvalue weighted by atomic mass is 16.4. The van der Waals surface area contributed by atoms with Crippen molar-refractivity contribution in [3.8, 4) is 5.75 Å². The number of phenolic OH excluding ortho intramolecular Hbond substituents is 1. The molecule has 0 fully saturated rings. The minimum atomic E-state index is -0.794. The molecular weight excluding hydrogens is 182 g/mol. The van der Waals surface area contributed by atoms with E-state index in [2.05, 4.69) is 5.32 Å². The molecule has 1 aromatic rings. The minimum Gasteiger partial charge on any atom is -0.508 e. The molecule has 0 aliphatic carbocycles. The molecule has 4 nitrogen and oxygen atoms in total. The van der Waals surface area contributed by atoms with Crippen LogP contribution in [0, 0.1) is 0 Å². The van der Waals surface area contributed by atoms with Crippen LogP contribution in [-0.2, 0) is 4.79 Å². The predicted molar refractivity (Wildman–Crippen MR) is 51.6 cm³/mol. The molecule has 0 bridgehead atoms. The number of hydrogen-bond donors (Lipinski definition) is 3. The monoisotopic (exact) mass is 193 g/mol. The Balaban J connectivity index is 2.26. The van der Waals surface area contributed by atoms with E-state index in [-0.39, 0.29) is 18.1 Å². The van der Waals surface area contributed by atoms with Crippen LogP contribution in [0.4, 0.5) is 5.69 Å². The number of carboxylic acids is 1. The molecule has 0 spiro atoms. The fourth-order valence-electron chi connectivity index (χ4n) is 1.79. The number of aromatic hydroxyl groups is 1. The van der Waals surface area contributed by atoms with Crippen molar-refractivity contribution >= 4 is 11.7 Å². The lowest BCUT2D eigenvalue weighted by atomic mass is 9.98. The summed E-state index contributed by atoms with van der Waals surface area (Å²) in [6.45, 7) is 0.630. The fourth-order valence-corrected chi connectivity index (χ4v) is 1.79. The summed E-state index contributed by atoms with van der Waals surface area (Å²) in [5.74, 6) is -0.576. The van der Waals surface area contributed by atoms with Crippen LogP contribution in [0.5, 0.6) is 5.75 Å². The van der Waals surface area contributed by atoms with Gasteiger partial charge in [0.2, 0.25) is 0 Å². The Morgan fingerprint density at radius 2 is 2.36 bits per heavy atom.